The first-order valence-corrected chi connectivity index (χ1v) is 4.04. The van der Waals surface area contributed by atoms with Crippen LogP contribution in [0.3, 0.4) is 0 Å². The Morgan fingerprint density at radius 1 is 1.58 bits per heavy atom. The summed E-state index contributed by atoms with van der Waals surface area (Å²) < 4.78 is 0. The van der Waals surface area contributed by atoms with Crippen molar-refractivity contribution in [1.82, 2.24) is 10.6 Å². The van der Waals surface area contributed by atoms with Gasteiger partial charge in [-0.05, 0) is 20.8 Å². The van der Waals surface area contributed by atoms with Gasteiger partial charge in [0.15, 0.2) is 0 Å². The van der Waals surface area contributed by atoms with Gasteiger partial charge in [0.05, 0.1) is 11.6 Å². The Morgan fingerprint density at radius 3 is 2.42 bits per heavy atom. The van der Waals surface area contributed by atoms with E-state index in [0.717, 1.165) is 0 Å². The number of likely N-dealkylation sites (N-methyl/N-ethyl adjacent to an activating group) is 1. The van der Waals surface area contributed by atoms with Crippen LogP contribution in [0, 0.1) is 0 Å². The molecule has 0 spiro atoms. The third-order valence-electron chi connectivity index (χ3n) is 1.48. The van der Waals surface area contributed by atoms with Gasteiger partial charge >= 0.3 is 0 Å². The predicted octanol–water partition coefficient (Wildman–Crippen LogP) is -0.519. The number of nitrogens with one attached hydrogen (secondary N) is 2. The summed E-state index contributed by atoms with van der Waals surface area (Å²) in [5.74, 6) is -0.0701. The Bertz CT molecular complexity index is 152. The number of aliphatic hydroxyl groups is 1. The summed E-state index contributed by atoms with van der Waals surface area (Å²) in [7, 11) is 1.59. The van der Waals surface area contributed by atoms with Gasteiger partial charge in [0, 0.05) is 13.6 Å². The van der Waals surface area contributed by atoms with E-state index in [-0.39, 0.29) is 11.9 Å². The van der Waals surface area contributed by atoms with Crippen LogP contribution < -0.4 is 10.6 Å². The van der Waals surface area contributed by atoms with E-state index in [0.29, 0.717) is 6.54 Å². The number of carbonyl (C=O) groups is 1. The molecular formula is C8H18N2O2. The van der Waals surface area contributed by atoms with Gasteiger partial charge in [-0.1, -0.05) is 0 Å². The quantitative estimate of drug-likeness (QED) is 0.537. The van der Waals surface area contributed by atoms with Gasteiger partial charge in [-0.3, -0.25) is 4.79 Å². The first-order valence-electron chi connectivity index (χ1n) is 4.04. The fourth-order valence-corrected chi connectivity index (χ4v) is 0.712. The molecule has 1 amide bonds. The van der Waals surface area contributed by atoms with Crippen LogP contribution in [0.4, 0.5) is 0 Å². The SMILES string of the molecule is CNC(=O)C(C)NCC(C)(C)O. The number of hydrogen-bond acceptors (Lipinski definition) is 3. The molecule has 72 valence electrons. The van der Waals surface area contributed by atoms with Gasteiger partial charge in [-0.2, -0.15) is 0 Å². The minimum atomic E-state index is -0.776. The Morgan fingerprint density at radius 2 is 2.08 bits per heavy atom. The molecule has 0 fully saturated rings. The molecule has 0 aliphatic heterocycles. The van der Waals surface area contributed by atoms with Gasteiger partial charge < -0.3 is 15.7 Å². The maximum atomic E-state index is 11.0. The second-order valence-electron chi connectivity index (χ2n) is 3.53. The standard InChI is InChI=1S/C8H18N2O2/c1-6(7(11)9-4)10-5-8(2,3)12/h6,10,12H,5H2,1-4H3,(H,9,11). The first kappa shape index (κ1) is 11.4. The van der Waals surface area contributed by atoms with Crippen molar-refractivity contribution in [2.75, 3.05) is 13.6 Å². The maximum Gasteiger partial charge on any atom is 0.236 e. The van der Waals surface area contributed by atoms with Crippen LogP contribution in [0.25, 0.3) is 0 Å². The Kier molecular flexibility index (Phi) is 4.20. The van der Waals surface area contributed by atoms with Crippen molar-refractivity contribution >= 4 is 5.91 Å². The summed E-state index contributed by atoms with van der Waals surface area (Å²) >= 11 is 0. The minimum absolute atomic E-state index is 0.0701. The zero-order valence-corrected chi connectivity index (χ0v) is 8.14. The fraction of sp³-hybridized carbons (Fsp3) is 0.875. The Labute approximate surface area is 73.3 Å². The molecule has 3 N–H and O–H groups in total. The van der Waals surface area contributed by atoms with E-state index in [1.54, 1.807) is 27.8 Å². The molecule has 0 radical (unpaired) electrons. The molecule has 0 aromatic rings. The lowest BCUT2D eigenvalue weighted by Gasteiger charge is -2.20. The summed E-state index contributed by atoms with van der Waals surface area (Å²) in [6.07, 6.45) is 0. The summed E-state index contributed by atoms with van der Waals surface area (Å²) in [5.41, 5.74) is -0.776. The van der Waals surface area contributed by atoms with Crippen molar-refractivity contribution in [3.63, 3.8) is 0 Å². The molecule has 0 saturated carbocycles. The van der Waals surface area contributed by atoms with Gasteiger partial charge in [-0.15, -0.1) is 0 Å². The molecule has 1 unspecified atom stereocenters. The lowest BCUT2D eigenvalue weighted by Crippen LogP contribution is -2.46. The van der Waals surface area contributed by atoms with Crippen LogP contribution >= 0.6 is 0 Å². The average molecular weight is 174 g/mol. The van der Waals surface area contributed by atoms with Crippen molar-refractivity contribution in [1.29, 1.82) is 0 Å². The van der Waals surface area contributed by atoms with Crippen molar-refractivity contribution in [2.24, 2.45) is 0 Å². The number of rotatable bonds is 4. The molecule has 0 rings (SSSR count). The molecule has 0 aromatic carbocycles. The van der Waals surface area contributed by atoms with Gasteiger partial charge in [-0.25, -0.2) is 0 Å². The third-order valence-corrected chi connectivity index (χ3v) is 1.48. The van der Waals surface area contributed by atoms with E-state index in [9.17, 15) is 9.90 Å². The van der Waals surface area contributed by atoms with Crippen LogP contribution in [0.5, 0.6) is 0 Å². The van der Waals surface area contributed by atoms with Crippen molar-refractivity contribution < 1.29 is 9.90 Å². The van der Waals surface area contributed by atoms with Crippen LogP contribution in [-0.4, -0.2) is 36.2 Å². The normalized spacial score (nSPS) is 14.1. The molecule has 0 aromatic heterocycles. The van der Waals surface area contributed by atoms with E-state index in [1.165, 1.54) is 0 Å². The highest BCUT2D eigenvalue weighted by Crippen LogP contribution is 1.97. The van der Waals surface area contributed by atoms with Gasteiger partial charge in [0.25, 0.3) is 0 Å². The molecule has 4 nitrogen and oxygen atoms in total. The molecule has 1 atom stereocenters. The van der Waals surface area contributed by atoms with E-state index in [2.05, 4.69) is 10.6 Å². The minimum Gasteiger partial charge on any atom is -0.389 e. The second-order valence-corrected chi connectivity index (χ2v) is 3.53. The topological polar surface area (TPSA) is 61.4 Å². The monoisotopic (exact) mass is 174 g/mol. The zero-order valence-electron chi connectivity index (χ0n) is 8.14. The summed E-state index contributed by atoms with van der Waals surface area (Å²) in [5, 5.41) is 14.8. The molecule has 12 heavy (non-hydrogen) atoms. The molecule has 0 aliphatic carbocycles. The Hall–Kier alpha value is -0.610. The highest BCUT2D eigenvalue weighted by molar-refractivity contribution is 5.80. The average Bonchev–Trinajstić information content (AvgIpc) is 1.97. The van der Waals surface area contributed by atoms with Gasteiger partial charge in [0.1, 0.15) is 0 Å². The molecule has 0 bridgehead atoms. The molecule has 0 saturated heterocycles. The smallest absolute Gasteiger partial charge is 0.236 e. The molecule has 0 aliphatic rings. The highest BCUT2D eigenvalue weighted by atomic mass is 16.3. The zero-order chi connectivity index (χ0) is 9.78. The molecular weight excluding hydrogens is 156 g/mol. The predicted molar refractivity (Wildman–Crippen MR) is 47.8 cm³/mol. The van der Waals surface area contributed by atoms with Gasteiger partial charge in [0.2, 0.25) is 5.91 Å². The van der Waals surface area contributed by atoms with E-state index < -0.39 is 5.60 Å². The second kappa shape index (κ2) is 4.42. The summed E-state index contributed by atoms with van der Waals surface area (Å²) in [6.45, 7) is 5.54. The first-order chi connectivity index (χ1) is 5.37. The third kappa shape index (κ3) is 5.09. The van der Waals surface area contributed by atoms with E-state index in [1.807, 2.05) is 0 Å². The van der Waals surface area contributed by atoms with Crippen LogP contribution in [0.2, 0.25) is 0 Å². The largest absolute Gasteiger partial charge is 0.389 e. The van der Waals surface area contributed by atoms with E-state index >= 15 is 0 Å². The van der Waals surface area contributed by atoms with Crippen molar-refractivity contribution in [3.8, 4) is 0 Å². The van der Waals surface area contributed by atoms with Crippen molar-refractivity contribution in [3.05, 3.63) is 0 Å². The van der Waals surface area contributed by atoms with Crippen LogP contribution in [0.1, 0.15) is 20.8 Å². The molecule has 0 heterocycles. The number of carbonyl (C=O) groups excluding carboxylic acids is 1. The highest BCUT2D eigenvalue weighted by Gasteiger charge is 2.16. The lowest BCUT2D eigenvalue weighted by atomic mass is 10.1. The van der Waals surface area contributed by atoms with Crippen LogP contribution in [-0.2, 0) is 4.79 Å². The van der Waals surface area contributed by atoms with Crippen LogP contribution in [0.15, 0.2) is 0 Å². The fourth-order valence-electron chi connectivity index (χ4n) is 0.712. The number of amides is 1. The lowest BCUT2D eigenvalue weighted by molar-refractivity contribution is -0.122. The maximum absolute atomic E-state index is 11.0. The summed E-state index contributed by atoms with van der Waals surface area (Å²) in [4.78, 5) is 11.0. The van der Waals surface area contributed by atoms with E-state index in [4.69, 9.17) is 0 Å². The Balaban J connectivity index is 3.72. The van der Waals surface area contributed by atoms with Crippen molar-refractivity contribution in [2.45, 2.75) is 32.4 Å². The summed E-state index contributed by atoms with van der Waals surface area (Å²) in [6, 6.07) is -0.263. The number of hydrogen-bond donors (Lipinski definition) is 3. The molecule has 4 heteroatoms.